The van der Waals surface area contributed by atoms with Gasteiger partial charge in [-0.2, -0.15) is 0 Å². The Balaban J connectivity index is 2.12. The zero-order chi connectivity index (χ0) is 14.5. The van der Waals surface area contributed by atoms with Gasteiger partial charge in [-0.15, -0.1) is 11.3 Å². The Morgan fingerprint density at radius 2 is 1.95 bits per heavy atom. The number of thiophene rings is 1. The molecule has 0 unspecified atom stereocenters. The topological polar surface area (TPSA) is 66.4 Å². The van der Waals surface area contributed by atoms with Gasteiger partial charge in [-0.3, -0.25) is 9.59 Å². The average Bonchev–Trinajstić information content (AvgIpc) is 2.84. The van der Waals surface area contributed by atoms with Crippen LogP contribution in [0.5, 0.6) is 0 Å². The number of hydrogen-bond donors (Lipinski definition) is 2. The maximum atomic E-state index is 12.1. The van der Waals surface area contributed by atoms with Crippen molar-refractivity contribution in [2.75, 3.05) is 5.32 Å². The van der Waals surface area contributed by atoms with Crippen LogP contribution in [0.1, 0.15) is 21.7 Å². The molecule has 2 rings (SSSR count). The second-order valence-corrected chi connectivity index (χ2v) is 6.57. The summed E-state index contributed by atoms with van der Waals surface area (Å²) < 4.78 is 0.891. The summed E-state index contributed by atoms with van der Waals surface area (Å²) >= 11 is 4.66. The third-order valence-electron chi connectivity index (χ3n) is 2.67. The van der Waals surface area contributed by atoms with Crippen molar-refractivity contribution < 1.29 is 14.7 Å². The Kier molecular flexibility index (Phi) is 4.92. The molecular formula is C14H12BrNO3S. The predicted molar refractivity (Wildman–Crippen MR) is 82.4 cm³/mol. The van der Waals surface area contributed by atoms with E-state index in [2.05, 4.69) is 21.2 Å². The highest BCUT2D eigenvalue weighted by atomic mass is 79.9. The Morgan fingerprint density at radius 3 is 2.60 bits per heavy atom. The van der Waals surface area contributed by atoms with Gasteiger partial charge < -0.3 is 10.4 Å². The lowest BCUT2D eigenvalue weighted by Gasteiger charge is -2.09. The fourth-order valence-corrected chi connectivity index (χ4v) is 3.00. The number of aliphatic carboxylic acids is 1. The predicted octanol–water partition coefficient (Wildman–Crippen LogP) is 3.78. The van der Waals surface area contributed by atoms with E-state index in [-0.39, 0.29) is 12.3 Å². The molecule has 104 valence electrons. The first-order valence-electron chi connectivity index (χ1n) is 5.92. The van der Waals surface area contributed by atoms with Crippen LogP contribution in [-0.2, 0) is 11.2 Å². The highest BCUT2D eigenvalue weighted by Gasteiger charge is 2.11. The monoisotopic (exact) mass is 353 g/mol. The van der Waals surface area contributed by atoms with E-state index in [1.54, 1.807) is 12.1 Å². The summed E-state index contributed by atoms with van der Waals surface area (Å²) in [4.78, 5) is 23.3. The molecule has 0 aliphatic carbocycles. The van der Waals surface area contributed by atoms with E-state index >= 15 is 0 Å². The van der Waals surface area contributed by atoms with Crippen LogP contribution in [-0.4, -0.2) is 17.0 Å². The quantitative estimate of drug-likeness (QED) is 0.859. The van der Waals surface area contributed by atoms with Crippen LogP contribution >= 0.6 is 27.3 Å². The van der Waals surface area contributed by atoms with Gasteiger partial charge in [0.2, 0.25) is 0 Å². The number of rotatable bonds is 5. The molecule has 0 saturated heterocycles. The van der Waals surface area contributed by atoms with Crippen molar-refractivity contribution in [1.82, 2.24) is 0 Å². The Morgan fingerprint density at radius 1 is 1.20 bits per heavy atom. The zero-order valence-electron chi connectivity index (χ0n) is 10.4. The van der Waals surface area contributed by atoms with Crippen LogP contribution in [0, 0.1) is 0 Å². The second kappa shape index (κ2) is 6.67. The molecule has 1 heterocycles. The molecule has 6 heteroatoms. The molecule has 1 amide bonds. The van der Waals surface area contributed by atoms with Gasteiger partial charge in [0, 0.05) is 12.1 Å². The van der Waals surface area contributed by atoms with Crippen molar-refractivity contribution in [1.29, 1.82) is 0 Å². The average molecular weight is 354 g/mol. The summed E-state index contributed by atoms with van der Waals surface area (Å²) in [5.41, 5.74) is 1.47. The highest BCUT2D eigenvalue weighted by Crippen LogP contribution is 2.24. The molecule has 1 aromatic heterocycles. The standard InChI is InChI=1S/C14H12BrNO3S/c15-12-7-6-11(20-12)14(19)16-10-4-2-1-3-9(10)5-8-13(17)18/h1-4,6-7H,5,8H2,(H,16,19)(H,17,18). The molecule has 0 atom stereocenters. The minimum Gasteiger partial charge on any atom is -0.481 e. The normalized spacial score (nSPS) is 10.2. The first kappa shape index (κ1) is 14.7. The summed E-state index contributed by atoms with van der Waals surface area (Å²) in [5, 5.41) is 11.6. The van der Waals surface area contributed by atoms with E-state index in [9.17, 15) is 9.59 Å². The van der Waals surface area contributed by atoms with Gasteiger partial charge in [0.1, 0.15) is 0 Å². The summed E-state index contributed by atoms with van der Waals surface area (Å²) in [7, 11) is 0. The largest absolute Gasteiger partial charge is 0.481 e. The molecule has 2 aromatic rings. The molecule has 2 N–H and O–H groups in total. The number of aryl methyl sites for hydroxylation is 1. The molecule has 0 saturated carbocycles. The van der Waals surface area contributed by atoms with Crippen LogP contribution in [0.4, 0.5) is 5.69 Å². The molecule has 0 aliphatic heterocycles. The molecule has 20 heavy (non-hydrogen) atoms. The van der Waals surface area contributed by atoms with E-state index < -0.39 is 5.97 Å². The van der Waals surface area contributed by atoms with Crippen molar-refractivity contribution in [3.05, 3.63) is 50.6 Å². The SMILES string of the molecule is O=C(O)CCc1ccccc1NC(=O)c1ccc(Br)s1. The number of para-hydroxylation sites is 1. The van der Waals surface area contributed by atoms with Crippen molar-refractivity contribution >= 4 is 44.8 Å². The Labute approximate surface area is 128 Å². The highest BCUT2D eigenvalue weighted by molar-refractivity contribution is 9.11. The van der Waals surface area contributed by atoms with Crippen molar-refractivity contribution in [3.8, 4) is 0 Å². The maximum absolute atomic E-state index is 12.1. The number of nitrogens with one attached hydrogen (secondary N) is 1. The van der Waals surface area contributed by atoms with E-state index in [1.165, 1.54) is 11.3 Å². The van der Waals surface area contributed by atoms with Crippen LogP contribution in [0.3, 0.4) is 0 Å². The smallest absolute Gasteiger partial charge is 0.303 e. The lowest BCUT2D eigenvalue weighted by Crippen LogP contribution is -2.12. The number of benzene rings is 1. The maximum Gasteiger partial charge on any atom is 0.303 e. The summed E-state index contributed by atoms with van der Waals surface area (Å²) in [6.45, 7) is 0. The summed E-state index contributed by atoms with van der Waals surface area (Å²) in [6.07, 6.45) is 0.428. The van der Waals surface area contributed by atoms with E-state index in [1.807, 2.05) is 24.3 Å². The second-order valence-electron chi connectivity index (χ2n) is 4.11. The van der Waals surface area contributed by atoms with Gasteiger partial charge in [-0.25, -0.2) is 0 Å². The molecule has 0 fully saturated rings. The number of amides is 1. The molecule has 0 bridgehead atoms. The molecule has 0 aliphatic rings. The lowest BCUT2D eigenvalue weighted by molar-refractivity contribution is -0.136. The number of carbonyl (C=O) groups excluding carboxylic acids is 1. The minimum absolute atomic E-state index is 0.0391. The fraction of sp³-hybridized carbons (Fsp3) is 0.143. The van der Waals surface area contributed by atoms with Gasteiger partial charge in [0.25, 0.3) is 5.91 Å². The van der Waals surface area contributed by atoms with Crippen LogP contribution in [0.25, 0.3) is 0 Å². The Hall–Kier alpha value is -1.66. The minimum atomic E-state index is -0.853. The molecule has 4 nitrogen and oxygen atoms in total. The third-order valence-corrected chi connectivity index (χ3v) is 4.29. The van der Waals surface area contributed by atoms with Crippen molar-refractivity contribution in [3.63, 3.8) is 0 Å². The van der Waals surface area contributed by atoms with E-state index in [4.69, 9.17) is 5.11 Å². The van der Waals surface area contributed by atoms with Crippen LogP contribution < -0.4 is 5.32 Å². The number of halogens is 1. The van der Waals surface area contributed by atoms with Gasteiger partial charge in [0.05, 0.1) is 8.66 Å². The molecule has 1 aromatic carbocycles. The van der Waals surface area contributed by atoms with Crippen LogP contribution in [0.2, 0.25) is 0 Å². The van der Waals surface area contributed by atoms with E-state index in [0.717, 1.165) is 9.35 Å². The van der Waals surface area contributed by atoms with Crippen molar-refractivity contribution in [2.45, 2.75) is 12.8 Å². The molecular weight excluding hydrogens is 342 g/mol. The lowest BCUT2D eigenvalue weighted by atomic mass is 10.1. The summed E-state index contributed by atoms with van der Waals surface area (Å²) in [5.74, 6) is -1.04. The zero-order valence-corrected chi connectivity index (χ0v) is 12.8. The summed E-state index contributed by atoms with van der Waals surface area (Å²) in [6, 6.07) is 10.8. The number of carboxylic acid groups (broad SMARTS) is 1. The van der Waals surface area contributed by atoms with Gasteiger partial charge in [0.15, 0.2) is 0 Å². The number of anilines is 1. The number of carboxylic acids is 1. The fourth-order valence-electron chi connectivity index (χ4n) is 1.72. The number of carbonyl (C=O) groups is 2. The number of hydrogen-bond acceptors (Lipinski definition) is 3. The van der Waals surface area contributed by atoms with Crippen LogP contribution in [0.15, 0.2) is 40.2 Å². The third kappa shape index (κ3) is 3.91. The van der Waals surface area contributed by atoms with Crippen molar-refractivity contribution in [2.24, 2.45) is 0 Å². The first-order valence-corrected chi connectivity index (χ1v) is 7.53. The van der Waals surface area contributed by atoms with Gasteiger partial charge >= 0.3 is 5.97 Å². The first-order chi connectivity index (χ1) is 9.56. The van der Waals surface area contributed by atoms with Gasteiger partial charge in [-0.1, -0.05) is 18.2 Å². The molecule has 0 spiro atoms. The van der Waals surface area contributed by atoms with Gasteiger partial charge in [-0.05, 0) is 46.1 Å². The molecule has 0 radical (unpaired) electrons. The Bertz CT molecular complexity index is 639. The van der Waals surface area contributed by atoms with E-state index in [0.29, 0.717) is 17.0 Å².